The van der Waals surface area contributed by atoms with Gasteiger partial charge in [0, 0.05) is 20.3 Å². The van der Waals surface area contributed by atoms with Crippen LogP contribution in [0.4, 0.5) is 4.79 Å². The van der Waals surface area contributed by atoms with Crippen molar-refractivity contribution in [2.45, 2.75) is 45.4 Å². The molecule has 0 saturated heterocycles. The topological polar surface area (TPSA) is 85.6 Å². The quantitative estimate of drug-likeness (QED) is 0.745. The molecule has 1 aromatic rings. The van der Waals surface area contributed by atoms with Crippen LogP contribution in [0.5, 0.6) is 0 Å². The molecule has 7 heteroatoms. The van der Waals surface area contributed by atoms with Gasteiger partial charge in [0.15, 0.2) is 0 Å². The Bertz CT molecular complexity index is 440. The summed E-state index contributed by atoms with van der Waals surface area (Å²) in [6.45, 7) is 6.48. The molecule has 7 nitrogen and oxygen atoms in total. The molecule has 1 atom stereocenters. The van der Waals surface area contributed by atoms with Crippen molar-refractivity contribution >= 4 is 6.09 Å². The van der Waals surface area contributed by atoms with E-state index in [0.29, 0.717) is 13.2 Å². The molecule has 0 saturated carbocycles. The van der Waals surface area contributed by atoms with Crippen molar-refractivity contribution in [2.75, 3.05) is 20.3 Å². The van der Waals surface area contributed by atoms with E-state index in [1.807, 2.05) is 4.57 Å². The van der Waals surface area contributed by atoms with Crippen LogP contribution in [0.15, 0.2) is 12.5 Å². The van der Waals surface area contributed by atoms with Gasteiger partial charge in [-0.25, -0.2) is 9.78 Å². The lowest BCUT2D eigenvalue weighted by molar-refractivity contribution is 0.0478. The SMILES string of the molecule is COCCCn1cncc1C(CO)NC(=O)OC(C)(C)C. The average Bonchev–Trinajstić information content (AvgIpc) is 2.82. The smallest absolute Gasteiger partial charge is 0.408 e. The van der Waals surface area contributed by atoms with Crippen LogP contribution in [0, 0.1) is 0 Å². The summed E-state index contributed by atoms with van der Waals surface area (Å²) in [6, 6.07) is -0.551. The third kappa shape index (κ3) is 6.14. The highest BCUT2D eigenvalue weighted by Crippen LogP contribution is 2.14. The average molecular weight is 299 g/mol. The largest absolute Gasteiger partial charge is 0.444 e. The Morgan fingerprint density at radius 1 is 1.52 bits per heavy atom. The fourth-order valence-corrected chi connectivity index (χ4v) is 1.85. The number of hydrogen-bond donors (Lipinski definition) is 2. The molecular formula is C14H25N3O4. The van der Waals surface area contributed by atoms with Gasteiger partial charge in [0.05, 0.1) is 30.9 Å². The second kappa shape index (κ2) is 7.99. The van der Waals surface area contributed by atoms with Gasteiger partial charge in [0.2, 0.25) is 0 Å². The monoisotopic (exact) mass is 299 g/mol. The van der Waals surface area contributed by atoms with Crippen molar-refractivity contribution in [1.29, 1.82) is 0 Å². The maximum absolute atomic E-state index is 11.8. The summed E-state index contributed by atoms with van der Waals surface area (Å²) in [5.74, 6) is 0. The highest BCUT2D eigenvalue weighted by atomic mass is 16.6. The predicted octanol–water partition coefficient (Wildman–Crippen LogP) is 1.48. The summed E-state index contributed by atoms with van der Waals surface area (Å²) >= 11 is 0. The van der Waals surface area contributed by atoms with Gasteiger partial charge in [-0.2, -0.15) is 0 Å². The standard InChI is InChI=1S/C14H25N3O4/c1-14(2,3)21-13(19)16-11(9-18)12-8-15-10-17(12)6-5-7-20-4/h8,10-11,18H,5-7,9H2,1-4H3,(H,16,19). The number of alkyl carbamates (subject to hydrolysis) is 1. The number of methoxy groups -OCH3 is 1. The minimum Gasteiger partial charge on any atom is -0.444 e. The molecule has 0 aliphatic heterocycles. The molecule has 0 aliphatic rings. The molecular weight excluding hydrogens is 274 g/mol. The van der Waals surface area contributed by atoms with Gasteiger partial charge >= 0.3 is 6.09 Å². The van der Waals surface area contributed by atoms with Gasteiger partial charge < -0.3 is 24.5 Å². The highest BCUT2D eigenvalue weighted by molar-refractivity contribution is 5.68. The van der Waals surface area contributed by atoms with E-state index >= 15 is 0 Å². The van der Waals surface area contributed by atoms with Gasteiger partial charge in [0.25, 0.3) is 0 Å². The van der Waals surface area contributed by atoms with Crippen molar-refractivity contribution in [1.82, 2.24) is 14.9 Å². The first-order valence-electron chi connectivity index (χ1n) is 6.96. The number of aliphatic hydroxyl groups is 1. The van der Waals surface area contributed by atoms with E-state index in [-0.39, 0.29) is 6.61 Å². The van der Waals surface area contributed by atoms with E-state index in [9.17, 15) is 9.90 Å². The van der Waals surface area contributed by atoms with Gasteiger partial charge in [0.1, 0.15) is 5.60 Å². The summed E-state index contributed by atoms with van der Waals surface area (Å²) < 4.78 is 12.1. The molecule has 0 bridgehead atoms. The zero-order chi connectivity index (χ0) is 15.9. The Morgan fingerprint density at radius 3 is 2.81 bits per heavy atom. The summed E-state index contributed by atoms with van der Waals surface area (Å²) in [7, 11) is 1.65. The highest BCUT2D eigenvalue weighted by Gasteiger charge is 2.22. The maximum atomic E-state index is 11.8. The normalized spacial score (nSPS) is 13.0. The maximum Gasteiger partial charge on any atom is 0.408 e. The van der Waals surface area contributed by atoms with E-state index in [1.165, 1.54) is 0 Å². The Morgan fingerprint density at radius 2 is 2.24 bits per heavy atom. The molecule has 1 unspecified atom stereocenters. The van der Waals surface area contributed by atoms with E-state index < -0.39 is 17.7 Å². The number of imidazole rings is 1. The van der Waals surface area contributed by atoms with Crippen LogP contribution >= 0.6 is 0 Å². The van der Waals surface area contributed by atoms with Gasteiger partial charge in [-0.15, -0.1) is 0 Å². The minimum atomic E-state index is -0.581. The summed E-state index contributed by atoms with van der Waals surface area (Å²) in [5, 5.41) is 12.2. The number of carbonyl (C=O) groups is 1. The number of ether oxygens (including phenoxy) is 2. The van der Waals surface area contributed by atoms with E-state index in [4.69, 9.17) is 9.47 Å². The van der Waals surface area contributed by atoms with Crippen LogP contribution in [0.2, 0.25) is 0 Å². The van der Waals surface area contributed by atoms with Crippen LogP contribution in [0.25, 0.3) is 0 Å². The molecule has 21 heavy (non-hydrogen) atoms. The second-order valence-corrected chi connectivity index (χ2v) is 5.74. The fourth-order valence-electron chi connectivity index (χ4n) is 1.85. The molecule has 0 radical (unpaired) electrons. The van der Waals surface area contributed by atoms with Crippen molar-refractivity contribution in [2.24, 2.45) is 0 Å². The number of nitrogens with zero attached hydrogens (tertiary/aromatic N) is 2. The fraction of sp³-hybridized carbons (Fsp3) is 0.714. The summed E-state index contributed by atoms with van der Waals surface area (Å²) in [6.07, 6.45) is 3.56. The van der Waals surface area contributed by atoms with Gasteiger partial charge in [-0.3, -0.25) is 0 Å². The molecule has 0 spiro atoms. The molecule has 0 aliphatic carbocycles. The van der Waals surface area contributed by atoms with Crippen LogP contribution in [-0.4, -0.2) is 46.7 Å². The zero-order valence-corrected chi connectivity index (χ0v) is 13.1. The Labute approximate surface area is 125 Å². The van der Waals surface area contributed by atoms with E-state index in [1.54, 1.807) is 40.4 Å². The van der Waals surface area contributed by atoms with Crippen LogP contribution < -0.4 is 5.32 Å². The molecule has 1 heterocycles. The predicted molar refractivity (Wildman–Crippen MR) is 77.9 cm³/mol. The lowest BCUT2D eigenvalue weighted by Crippen LogP contribution is -2.37. The second-order valence-electron chi connectivity index (χ2n) is 5.74. The van der Waals surface area contributed by atoms with Crippen molar-refractivity contribution in [3.63, 3.8) is 0 Å². The first-order chi connectivity index (χ1) is 9.87. The summed E-state index contributed by atoms with van der Waals surface area (Å²) in [4.78, 5) is 15.9. The first kappa shape index (κ1) is 17.5. The number of rotatable bonds is 7. The lowest BCUT2D eigenvalue weighted by atomic mass is 10.2. The summed E-state index contributed by atoms with van der Waals surface area (Å²) in [5.41, 5.74) is 0.155. The third-order valence-electron chi connectivity index (χ3n) is 2.72. The molecule has 2 N–H and O–H groups in total. The Balaban J connectivity index is 2.67. The number of amides is 1. The van der Waals surface area contributed by atoms with Gasteiger partial charge in [-0.1, -0.05) is 0 Å². The van der Waals surface area contributed by atoms with Crippen molar-refractivity contribution < 1.29 is 19.4 Å². The van der Waals surface area contributed by atoms with Crippen molar-refractivity contribution in [3.05, 3.63) is 18.2 Å². The zero-order valence-electron chi connectivity index (χ0n) is 13.1. The van der Waals surface area contributed by atoms with E-state index in [2.05, 4.69) is 10.3 Å². The van der Waals surface area contributed by atoms with Crippen LogP contribution in [-0.2, 0) is 16.0 Å². The number of hydrogen-bond acceptors (Lipinski definition) is 5. The molecule has 1 aromatic heterocycles. The number of aromatic nitrogens is 2. The third-order valence-corrected chi connectivity index (χ3v) is 2.72. The number of nitrogens with one attached hydrogen (secondary N) is 1. The molecule has 1 amide bonds. The van der Waals surface area contributed by atoms with Crippen molar-refractivity contribution in [3.8, 4) is 0 Å². The Kier molecular flexibility index (Phi) is 6.64. The number of carbonyl (C=O) groups excluding carboxylic acids is 1. The van der Waals surface area contributed by atoms with Gasteiger partial charge in [-0.05, 0) is 27.2 Å². The first-order valence-corrected chi connectivity index (χ1v) is 6.96. The lowest BCUT2D eigenvalue weighted by Gasteiger charge is -2.23. The Hall–Kier alpha value is -1.60. The number of aryl methyl sites for hydroxylation is 1. The minimum absolute atomic E-state index is 0.227. The van der Waals surface area contributed by atoms with Crippen LogP contribution in [0.3, 0.4) is 0 Å². The van der Waals surface area contributed by atoms with E-state index in [0.717, 1.165) is 12.1 Å². The number of aliphatic hydroxyl groups excluding tert-OH is 1. The molecule has 0 aromatic carbocycles. The van der Waals surface area contributed by atoms with Crippen LogP contribution in [0.1, 0.15) is 38.9 Å². The molecule has 120 valence electrons. The molecule has 0 fully saturated rings. The molecule has 1 rings (SSSR count).